The van der Waals surface area contributed by atoms with Gasteiger partial charge in [-0.2, -0.15) is 0 Å². The number of thioether (sulfide) groups is 1. The molecule has 0 spiro atoms. The molecule has 0 saturated heterocycles. The van der Waals surface area contributed by atoms with Crippen molar-refractivity contribution in [3.05, 3.63) is 29.8 Å². The molecule has 4 heteroatoms. The van der Waals surface area contributed by atoms with E-state index in [4.69, 9.17) is 4.74 Å². The summed E-state index contributed by atoms with van der Waals surface area (Å²) in [6.45, 7) is 6.35. The number of hydrogen-bond acceptors (Lipinski definition) is 4. The van der Waals surface area contributed by atoms with Gasteiger partial charge in [-0.05, 0) is 52.2 Å². The van der Waals surface area contributed by atoms with Crippen LogP contribution in [0.2, 0.25) is 0 Å². The summed E-state index contributed by atoms with van der Waals surface area (Å²) in [6, 6.07) is 9.00. The number of carbonyl (C=O) groups is 1. The molecule has 1 N–H and O–H groups in total. The Morgan fingerprint density at radius 3 is 2.62 bits per heavy atom. The molecule has 0 aliphatic heterocycles. The molecule has 21 heavy (non-hydrogen) atoms. The normalized spacial score (nSPS) is 17.3. The number of nitrogens with one attached hydrogen (secondary N) is 1. The average molecular weight is 307 g/mol. The van der Waals surface area contributed by atoms with Crippen LogP contribution in [0.25, 0.3) is 0 Å². The molecule has 3 nitrogen and oxygen atoms in total. The summed E-state index contributed by atoms with van der Waals surface area (Å²) < 4.78 is 5.24. The molecule has 0 bridgehead atoms. The number of rotatable bonds is 8. The number of aryl methyl sites for hydroxylation is 1. The zero-order chi connectivity index (χ0) is 15.3. The molecule has 1 aromatic rings. The molecule has 1 atom stereocenters. The third kappa shape index (κ3) is 5.04. The van der Waals surface area contributed by atoms with Crippen LogP contribution in [-0.4, -0.2) is 29.9 Å². The number of esters is 1. The molecule has 2 rings (SSSR count). The predicted octanol–water partition coefficient (Wildman–Crippen LogP) is 3.55. The monoisotopic (exact) mass is 307 g/mol. The fraction of sp³-hybridized carbons (Fsp3) is 0.588. The lowest BCUT2D eigenvalue weighted by molar-refractivity contribution is -0.150. The highest BCUT2D eigenvalue weighted by Gasteiger charge is 2.39. The maximum atomic E-state index is 12.2. The molecule has 1 saturated carbocycles. The first-order chi connectivity index (χ1) is 10.0. The smallest absolute Gasteiger partial charge is 0.326 e. The maximum absolute atomic E-state index is 12.2. The van der Waals surface area contributed by atoms with Gasteiger partial charge in [0.05, 0.1) is 6.61 Å². The van der Waals surface area contributed by atoms with E-state index in [1.54, 1.807) is 11.8 Å². The Balaban J connectivity index is 1.88. The Hall–Kier alpha value is -1.00. The minimum absolute atomic E-state index is 0.124. The summed E-state index contributed by atoms with van der Waals surface area (Å²) >= 11 is 1.79. The number of carbonyl (C=O) groups excluding carboxylic acids is 1. The van der Waals surface area contributed by atoms with Crippen molar-refractivity contribution < 1.29 is 9.53 Å². The quantitative estimate of drug-likeness (QED) is 0.589. The summed E-state index contributed by atoms with van der Waals surface area (Å²) in [5.41, 5.74) is 0.709. The van der Waals surface area contributed by atoms with E-state index in [1.165, 1.54) is 23.3 Å². The van der Waals surface area contributed by atoms with Crippen molar-refractivity contribution >= 4 is 17.7 Å². The van der Waals surface area contributed by atoms with Crippen LogP contribution < -0.4 is 5.32 Å². The summed E-state index contributed by atoms with van der Waals surface area (Å²) in [7, 11) is 0. The van der Waals surface area contributed by atoms with Gasteiger partial charge in [-0.3, -0.25) is 10.1 Å². The van der Waals surface area contributed by atoms with E-state index in [9.17, 15) is 4.79 Å². The second-order valence-electron chi connectivity index (χ2n) is 5.88. The molecule has 1 aromatic carbocycles. The van der Waals surface area contributed by atoms with Crippen LogP contribution in [0.15, 0.2) is 29.2 Å². The Bertz CT molecular complexity index is 470. The number of hydrogen-bond donors (Lipinski definition) is 1. The Morgan fingerprint density at radius 1 is 1.38 bits per heavy atom. The van der Waals surface area contributed by atoms with Gasteiger partial charge in [-0.1, -0.05) is 17.7 Å². The van der Waals surface area contributed by atoms with Crippen LogP contribution in [0.5, 0.6) is 0 Å². The van der Waals surface area contributed by atoms with Crippen LogP contribution in [0.3, 0.4) is 0 Å². The Kier molecular flexibility index (Phi) is 5.71. The molecule has 116 valence electrons. The van der Waals surface area contributed by atoms with E-state index in [0.717, 1.165) is 12.2 Å². The van der Waals surface area contributed by atoms with E-state index < -0.39 is 5.54 Å². The lowest BCUT2D eigenvalue weighted by Gasteiger charge is -2.28. The summed E-state index contributed by atoms with van der Waals surface area (Å²) in [6.07, 6.45) is 3.11. The number of benzene rings is 1. The minimum Gasteiger partial charge on any atom is -0.465 e. The van der Waals surface area contributed by atoms with Crippen LogP contribution in [0.4, 0.5) is 0 Å². The van der Waals surface area contributed by atoms with Gasteiger partial charge in [0.25, 0.3) is 0 Å². The van der Waals surface area contributed by atoms with Crippen molar-refractivity contribution in [2.24, 2.45) is 0 Å². The van der Waals surface area contributed by atoms with E-state index in [-0.39, 0.29) is 5.97 Å². The SMILES string of the molecule is CCOC(=O)C(C)(CCSc1ccc(C)cc1)NC1CC1. The van der Waals surface area contributed by atoms with Gasteiger partial charge in [0, 0.05) is 16.7 Å². The average Bonchev–Trinajstić information content (AvgIpc) is 3.25. The van der Waals surface area contributed by atoms with Crippen LogP contribution in [-0.2, 0) is 9.53 Å². The largest absolute Gasteiger partial charge is 0.465 e. The number of ether oxygens (including phenoxy) is 1. The van der Waals surface area contributed by atoms with Crippen LogP contribution in [0.1, 0.15) is 38.7 Å². The summed E-state index contributed by atoms with van der Waals surface area (Å²) in [5, 5.41) is 3.46. The first-order valence-electron chi connectivity index (χ1n) is 7.68. The highest BCUT2D eigenvalue weighted by atomic mass is 32.2. The molecule has 0 heterocycles. The van der Waals surface area contributed by atoms with Crippen molar-refractivity contribution in [1.29, 1.82) is 0 Å². The third-order valence-corrected chi connectivity index (χ3v) is 4.73. The zero-order valence-corrected chi connectivity index (χ0v) is 14.0. The van der Waals surface area contributed by atoms with Crippen molar-refractivity contribution in [3.8, 4) is 0 Å². The van der Waals surface area contributed by atoms with Gasteiger partial charge in [-0.25, -0.2) is 0 Å². The molecule has 1 aliphatic carbocycles. The van der Waals surface area contributed by atoms with E-state index in [2.05, 4.69) is 36.5 Å². The maximum Gasteiger partial charge on any atom is 0.326 e. The van der Waals surface area contributed by atoms with Crippen molar-refractivity contribution in [3.63, 3.8) is 0 Å². The van der Waals surface area contributed by atoms with Crippen molar-refractivity contribution in [2.75, 3.05) is 12.4 Å². The molecule has 0 aromatic heterocycles. The molecular weight excluding hydrogens is 282 g/mol. The van der Waals surface area contributed by atoms with E-state index >= 15 is 0 Å². The second-order valence-corrected chi connectivity index (χ2v) is 7.05. The molecule has 1 aliphatic rings. The lowest BCUT2D eigenvalue weighted by Crippen LogP contribution is -2.51. The van der Waals surface area contributed by atoms with Gasteiger partial charge in [0.1, 0.15) is 5.54 Å². The fourth-order valence-corrected chi connectivity index (χ4v) is 3.28. The second kappa shape index (κ2) is 7.32. The van der Waals surface area contributed by atoms with Gasteiger partial charge < -0.3 is 4.74 Å². The molecule has 0 radical (unpaired) electrons. The predicted molar refractivity (Wildman–Crippen MR) is 87.7 cm³/mol. The Morgan fingerprint density at radius 2 is 2.05 bits per heavy atom. The fourth-order valence-electron chi connectivity index (χ4n) is 2.21. The van der Waals surface area contributed by atoms with E-state index in [0.29, 0.717) is 12.6 Å². The molecule has 1 fully saturated rings. The van der Waals surface area contributed by atoms with Gasteiger partial charge in [-0.15, -0.1) is 11.8 Å². The molecular formula is C17H25NO2S. The van der Waals surface area contributed by atoms with Crippen molar-refractivity contribution in [1.82, 2.24) is 5.32 Å². The molecule has 1 unspecified atom stereocenters. The Labute approximate surface area is 131 Å². The standard InChI is InChI=1S/C17H25NO2S/c1-4-20-16(19)17(3,18-14-7-8-14)11-12-21-15-9-5-13(2)6-10-15/h5-6,9-10,14,18H,4,7-8,11-12H2,1-3H3. The first kappa shape index (κ1) is 16.4. The van der Waals surface area contributed by atoms with Crippen molar-refractivity contribution in [2.45, 2.75) is 56.5 Å². The minimum atomic E-state index is -0.561. The van der Waals surface area contributed by atoms with Crippen LogP contribution in [0, 0.1) is 6.92 Å². The van der Waals surface area contributed by atoms with Gasteiger partial charge >= 0.3 is 5.97 Å². The summed E-state index contributed by atoms with van der Waals surface area (Å²) in [4.78, 5) is 13.5. The van der Waals surface area contributed by atoms with E-state index in [1.807, 2.05) is 13.8 Å². The van der Waals surface area contributed by atoms with Gasteiger partial charge in [0.2, 0.25) is 0 Å². The van der Waals surface area contributed by atoms with Gasteiger partial charge in [0.15, 0.2) is 0 Å². The highest BCUT2D eigenvalue weighted by molar-refractivity contribution is 7.99. The van der Waals surface area contributed by atoms with Crippen LogP contribution >= 0.6 is 11.8 Å². The first-order valence-corrected chi connectivity index (χ1v) is 8.66. The highest BCUT2D eigenvalue weighted by Crippen LogP contribution is 2.27. The molecule has 0 amide bonds. The lowest BCUT2D eigenvalue weighted by atomic mass is 9.99. The topological polar surface area (TPSA) is 38.3 Å². The third-order valence-electron chi connectivity index (χ3n) is 3.72. The summed E-state index contributed by atoms with van der Waals surface area (Å²) in [5.74, 6) is 0.777. The zero-order valence-electron chi connectivity index (χ0n) is 13.1.